The first-order chi connectivity index (χ1) is 10.2. The maximum absolute atomic E-state index is 11.7. The zero-order chi connectivity index (χ0) is 15.2. The van der Waals surface area contributed by atoms with Gasteiger partial charge in [0.05, 0.1) is 13.2 Å². The summed E-state index contributed by atoms with van der Waals surface area (Å²) in [5.74, 6) is 1.63. The molecule has 0 bridgehead atoms. The zero-order valence-corrected chi connectivity index (χ0v) is 12.9. The maximum Gasteiger partial charge on any atom is 0.159 e. The molecule has 0 aromatic heterocycles. The third-order valence-electron chi connectivity index (χ3n) is 3.23. The fourth-order valence-electron chi connectivity index (χ4n) is 2.16. The predicted molar refractivity (Wildman–Crippen MR) is 85.5 cm³/mol. The van der Waals surface area contributed by atoms with Crippen molar-refractivity contribution in [2.45, 2.75) is 33.6 Å². The molecule has 2 aromatic rings. The Hall–Kier alpha value is -2.03. The van der Waals surface area contributed by atoms with Crippen molar-refractivity contribution in [3.63, 3.8) is 0 Å². The van der Waals surface area contributed by atoms with Crippen LogP contribution in [0, 0.1) is 0 Å². The van der Waals surface area contributed by atoms with Crippen molar-refractivity contribution in [1.82, 2.24) is 0 Å². The largest absolute Gasteiger partial charge is 0.494 e. The Balaban J connectivity index is 2.47. The van der Waals surface area contributed by atoms with E-state index in [4.69, 9.17) is 9.47 Å². The minimum absolute atomic E-state index is 0.0399. The summed E-state index contributed by atoms with van der Waals surface area (Å²) in [5, 5.41) is 1.99. The topological polar surface area (TPSA) is 35.5 Å². The number of ketones is 1. The van der Waals surface area contributed by atoms with Crippen LogP contribution < -0.4 is 9.47 Å². The van der Waals surface area contributed by atoms with E-state index >= 15 is 0 Å². The van der Waals surface area contributed by atoms with Gasteiger partial charge in [0, 0.05) is 10.9 Å². The van der Waals surface area contributed by atoms with Crippen LogP contribution in [0.15, 0.2) is 30.3 Å². The summed E-state index contributed by atoms with van der Waals surface area (Å²) < 4.78 is 11.4. The average molecular weight is 286 g/mol. The highest BCUT2D eigenvalue weighted by Gasteiger charge is 2.09. The molecule has 0 fully saturated rings. The monoisotopic (exact) mass is 286 g/mol. The van der Waals surface area contributed by atoms with E-state index in [-0.39, 0.29) is 5.78 Å². The van der Waals surface area contributed by atoms with Crippen LogP contribution in [0.5, 0.6) is 11.5 Å². The summed E-state index contributed by atoms with van der Waals surface area (Å²) in [7, 11) is 0. The molecule has 0 spiro atoms. The number of benzene rings is 2. The Kier molecular flexibility index (Phi) is 5.20. The van der Waals surface area contributed by atoms with Gasteiger partial charge >= 0.3 is 0 Å². The van der Waals surface area contributed by atoms with Crippen LogP contribution in [0.4, 0.5) is 0 Å². The highest BCUT2D eigenvalue weighted by Crippen LogP contribution is 2.31. The molecule has 0 heterocycles. The van der Waals surface area contributed by atoms with Crippen molar-refractivity contribution in [3.05, 3.63) is 35.9 Å². The SMILES string of the molecule is CCCOc1ccc2c(OCCC)cc(C(C)=O)cc2c1. The lowest BCUT2D eigenvalue weighted by molar-refractivity contribution is 0.101. The molecule has 0 aliphatic carbocycles. The van der Waals surface area contributed by atoms with Gasteiger partial charge in [-0.3, -0.25) is 4.79 Å². The molecular formula is C18H22O3. The second kappa shape index (κ2) is 7.11. The Labute approximate surface area is 125 Å². The second-order valence-corrected chi connectivity index (χ2v) is 5.11. The van der Waals surface area contributed by atoms with E-state index in [0.717, 1.165) is 35.1 Å². The lowest BCUT2D eigenvalue weighted by atomic mass is 10.0. The van der Waals surface area contributed by atoms with Gasteiger partial charge < -0.3 is 9.47 Å². The standard InChI is InChI=1S/C18H22O3/c1-4-8-20-16-6-7-17-15(11-16)10-14(13(3)19)12-18(17)21-9-5-2/h6-7,10-12H,4-5,8-9H2,1-3H3. The first-order valence-corrected chi connectivity index (χ1v) is 7.50. The van der Waals surface area contributed by atoms with Gasteiger partial charge in [0.15, 0.2) is 5.78 Å². The summed E-state index contributed by atoms with van der Waals surface area (Å²) in [6.07, 6.45) is 1.90. The highest BCUT2D eigenvalue weighted by molar-refractivity contribution is 6.01. The van der Waals surface area contributed by atoms with E-state index in [1.807, 2.05) is 30.3 Å². The summed E-state index contributed by atoms with van der Waals surface area (Å²) >= 11 is 0. The molecule has 0 unspecified atom stereocenters. The number of carbonyl (C=O) groups is 1. The van der Waals surface area contributed by atoms with Crippen LogP contribution in [0.1, 0.15) is 44.0 Å². The third kappa shape index (κ3) is 3.75. The first kappa shape index (κ1) is 15.4. The maximum atomic E-state index is 11.7. The zero-order valence-electron chi connectivity index (χ0n) is 12.9. The van der Waals surface area contributed by atoms with E-state index < -0.39 is 0 Å². The van der Waals surface area contributed by atoms with Crippen molar-refractivity contribution in [3.8, 4) is 11.5 Å². The fraction of sp³-hybridized carbons (Fsp3) is 0.389. The summed E-state index contributed by atoms with van der Waals surface area (Å²) in [6, 6.07) is 9.64. The molecule has 2 aromatic carbocycles. The van der Waals surface area contributed by atoms with Crippen molar-refractivity contribution in [2.24, 2.45) is 0 Å². The Morgan fingerprint density at radius 3 is 2.38 bits per heavy atom. The van der Waals surface area contributed by atoms with Gasteiger partial charge in [-0.15, -0.1) is 0 Å². The van der Waals surface area contributed by atoms with Crippen LogP contribution in [0.3, 0.4) is 0 Å². The molecule has 0 saturated carbocycles. The minimum atomic E-state index is 0.0399. The van der Waals surface area contributed by atoms with Crippen molar-refractivity contribution in [1.29, 1.82) is 0 Å². The van der Waals surface area contributed by atoms with E-state index in [2.05, 4.69) is 13.8 Å². The van der Waals surface area contributed by atoms with E-state index in [1.165, 1.54) is 0 Å². The van der Waals surface area contributed by atoms with Gasteiger partial charge in [0.25, 0.3) is 0 Å². The molecule has 3 heteroatoms. The Morgan fingerprint density at radius 2 is 1.71 bits per heavy atom. The van der Waals surface area contributed by atoms with Crippen LogP contribution in [-0.2, 0) is 0 Å². The van der Waals surface area contributed by atoms with Gasteiger partial charge in [-0.25, -0.2) is 0 Å². The summed E-state index contributed by atoms with van der Waals surface area (Å²) in [5.41, 5.74) is 0.668. The second-order valence-electron chi connectivity index (χ2n) is 5.11. The molecule has 0 saturated heterocycles. The number of hydrogen-bond acceptors (Lipinski definition) is 3. The number of ether oxygens (including phenoxy) is 2. The normalized spacial score (nSPS) is 10.6. The lowest BCUT2D eigenvalue weighted by Gasteiger charge is -2.12. The Morgan fingerprint density at radius 1 is 1.00 bits per heavy atom. The highest BCUT2D eigenvalue weighted by atomic mass is 16.5. The van der Waals surface area contributed by atoms with Crippen molar-refractivity contribution in [2.75, 3.05) is 13.2 Å². The molecule has 0 N–H and O–H groups in total. The van der Waals surface area contributed by atoms with Crippen molar-refractivity contribution >= 4 is 16.6 Å². The molecule has 2 rings (SSSR count). The molecule has 0 radical (unpaired) electrons. The van der Waals surface area contributed by atoms with Crippen LogP contribution in [-0.4, -0.2) is 19.0 Å². The van der Waals surface area contributed by atoms with E-state index in [0.29, 0.717) is 18.8 Å². The molecule has 3 nitrogen and oxygen atoms in total. The van der Waals surface area contributed by atoms with Gasteiger partial charge in [0.1, 0.15) is 11.5 Å². The summed E-state index contributed by atoms with van der Waals surface area (Å²) in [6.45, 7) is 7.04. The number of carbonyl (C=O) groups excluding carboxylic acids is 1. The number of fused-ring (bicyclic) bond motifs is 1. The average Bonchev–Trinajstić information content (AvgIpc) is 2.49. The first-order valence-electron chi connectivity index (χ1n) is 7.50. The van der Waals surface area contributed by atoms with Gasteiger partial charge in [-0.05, 0) is 55.5 Å². The molecular weight excluding hydrogens is 264 g/mol. The third-order valence-corrected chi connectivity index (χ3v) is 3.23. The smallest absolute Gasteiger partial charge is 0.159 e. The van der Waals surface area contributed by atoms with Gasteiger partial charge in [-0.1, -0.05) is 13.8 Å². The molecule has 0 atom stereocenters. The number of hydrogen-bond donors (Lipinski definition) is 0. The molecule has 0 aliphatic heterocycles. The molecule has 112 valence electrons. The Bertz CT molecular complexity index is 632. The molecule has 21 heavy (non-hydrogen) atoms. The quantitative estimate of drug-likeness (QED) is 0.697. The summed E-state index contributed by atoms with van der Waals surface area (Å²) in [4.78, 5) is 11.7. The van der Waals surface area contributed by atoms with Gasteiger partial charge in [0.2, 0.25) is 0 Å². The fourth-order valence-corrected chi connectivity index (χ4v) is 2.16. The van der Waals surface area contributed by atoms with Crippen molar-refractivity contribution < 1.29 is 14.3 Å². The molecule has 0 amide bonds. The number of rotatable bonds is 7. The number of Topliss-reactive ketones (excluding diaryl/α,β-unsaturated/α-hetero) is 1. The van der Waals surface area contributed by atoms with Crippen LogP contribution in [0.25, 0.3) is 10.8 Å². The van der Waals surface area contributed by atoms with E-state index in [9.17, 15) is 4.79 Å². The van der Waals surface area contributed by atoms with Crippen LogP contribution in [0.2, 0.25) is 0 Å². The van der Waals surface area contributed by atoms with E-state index in [1.54, 1.807) is 6.92 Å². The van der Waals surface area contributed by atoms with Crippen LogP contribution >= 0.6 is 0 Å². The molecule has 0 aliphatic rings. The lowest BCUT2D eigenvalue weighted by Crippen LogP contribution is -2.00. The predicted octanol–water partition coefficient (Wildman–Crippen LogP) is 4.62. The minimum Gasteiger partial charge on any atom is -0.494 e. The van der Waals surface area contributed by atoms with Gasteiger partial charge in [-0.2, -0.15) is 0 Å².